The van der Waals surface area contributed by atoms with Gasteiger partial charge in [0.2, 0.25) is 0 Å². The van der Waals surface area contributed by atoms with Gasteiger partial charge in [-0.2, -0.15) is 0 Å². The van der Waals surface area contributed by atoms with Gasteiger partial charge in [0.1, 0.15) is 6.61 Å². The lowest BCUT2D eigenvalue weighted by atomic mass is 10.0. The molecular formula is C25H21N3O4. The number of hydrogen-bond acceptors (Lipinski definition) is 5. The third kappa shape index (κ3) is 4.37. The maximum atomic E-state index is 11.7. The first-order valence-corrected chi connectivity index (χ1v) is 9.99. The SMILES string of the molecule is C=CCOC(=O)NCc1ccc(Nc2c3ccccc3nc3c(C(=O)O)cccc23)cc1. The van der Waals surface area contributed by atoms with E-state index < -0.39 is 12.1 Å². The van der Waals surface area contributed by atoms with E-state index in [9.17, 15) is 14.7 Å². The molecule has 0 aliphatic rings. The van der Waals surface area contributed by atoms with E-state index in [1.165, 1.54) is 6.08 Å². The van der Waals surface area contributed by atoms with Crippen molar-refractivity contribution in [3.63, 3.8) is 0 Å². The standard InChI is InChI=1S/C25H21N3O4/c1-2-14-32-25(31)26-15-16-10-12-17(13-11-16)27-22-18-6-3-4-9-21(18)28-23-19(22)7-5-8-20(23)24(29)30/h2-13H,1,14-15H2,(H,26,31)(H,27,28)(H,29,30). The van der Waals surface area contributed by atoms with Gasteiger partial charge >= 0.3 is 12.1 Å². The van der Waals surface area contributed by atoms with Crippen molar-refractivity contribution in [2.75, 3.05) is 11.9 Å². The van der Waals surface area contributed by atoms with Gasteiger partial charge < -0.3 is 20.5 Å². The number of hydrogen-bond donors (Lipinski definition) is 3. The Labute approximate surface area is 184 Å². The van der Waals surface area contributed by atoms with Crippen molar-refractivity contribution in [2.24, 2.45) is 0 Å². The highest BCUT2D eigenvalue weighted by atomic mass is 16.5. The topological polar surface area (TPSA) is 101 Å². The molecule has 3 aromatic carbocycles. The van der Waals surface area contributed by atoms with Gasteiger partial charge in [0, 0.05) is 23.0 Å². The number of carboxylic acids is 1. The number of nitrogens with zero attached hydrogens (tertiary/aromatic N) is 1. The number of amides is 1. The fourth-order valence-corrected chi connectivity index (χ4v) is 3.43. The van der Waals surface area contributed by atoms with Gasteiger partial charge in [-0.25, -0.2) is 14.6 Å². The molecule has 3 N–H and O–H groups in total. The predicted molar refractivity (Wildman–Crippen MR) is 124 cm³/mol. The van der Waals surface area contributed by atoms with Crippen LogP contribution < -0.4 is 10.6 Å². The molecular weight excluding hydrogens is 406 g/mol. The third-order valence-electron chi connectivity index (χ3n) is 4.93. The number of pyridine rings is 1. The summed E-state index contributed by atoms with van der Waals surface area (Å²) in [6.07, 6.45) is 1.00. The largest absolute Gasteiger partial charge is 0.478 e. The van der Waals surface area contributed by atoms with Gasteiger partial charge in [-0.15, -0.1) is 0 Å². The van der Waals surface area contributed by atoms with E-state index in [0.29, 0.717) is 17.6 Å². The molecule has 0 spiro atoms. The summed E-state index contributed by atoms with van der Waals surface area (Å²) in [5.74, 6) is -1.02. The zero-order chi connectivity index (χ0) is 22.5. The van der Waals surface area contributed by atoms with Crippen LogP contribution in [-0.4, -0.2) is 28.8 Å². The zero-order valence-electron chi connectivity index (χ0n) is 17.2. The van der Waals surface area contributed by atoms with Crippen LogP contribution in [0.5, 0.6) is 0 Å². The Morgan fingerprint density at radius 3 is 2.50 bits per heavy atom. The van der Waals surface area contributed by atoms with Crippen molar-refractivity contribution in [3.05, 3.63) is 90.5 Å². The number of ether oxygens (including phenoxy) is 1. The summed E-state index contributed by atoms with van der Waals surface area (Å²) in [4.78, 5) is 27.9. The number of rotatable bonds is 7. The van der Waals surface area contributed by atoms with E-state index >= 15 is 0 Å². The summed E-state index contributed by atoms with van der Waals surface area (Å²) in [5, 5.41) is 17.3. The highest BCUT2D eigenvalue weighted by Crippen LogP contribution is 2.34. The van der Waals surface area contributed by atoms with Gasteiger partial charge in [0.05, 0.1) is 22.3 Å². The highest BCUT2D eigenvalue weighted by Gasteiger charge is 2.15. The quantitative estimate of drug-likeness (QED) is 0.275. The van der Waals surface area contributed by atoms with Crippen LogP contribution in [0, 0.1) is 0 Å². The number of alkyl carbamates (subject to hydrolysis) is 1. The first-order chi connectivity index (χ1) is 15.6. The Bertz CT molecular complexity index is 1320. The lowest BCUT2D eigenvalue weighted by Gasteiger charge is -2.15. The Kier molecular flexibility index (Phi) is 5.98. The molecule has 0 unspecified atom stereocenters. The molecule has 0 atom stereocenters. The summed E-state index contributed by atoms with van der Waals surface area (Å²) in [7, 11) is 0. The van der Waals surface area contributed by atoms with Crippen molar-refractivity contribution in [2.45, 2.75) is 6.54 Å². The van der Waals surface area contributed by atoms with Gasteiger partial charge in [0.25, 0.3) is 0 Å². The van der Waals surface area contributed by atoms with Crippen LogP contribution in [0.4, 0.5) is 16.2 Å². The Morgan fingerprint density at radius 1 is 1.00 bits per heavy atom. The van der Waals surface area contributed by atoms with Crippen LogP contribution in [-0.2, 0) is 11.3 Å². The van der Waals surface area contributed by atoms with E-state index in [2.05, 4.69) is 22.2 Å². The molecule has 7 heteroatoms. The van der Waals surface area contributed by atoms with Crippen molar-refractivity contribution < 1.29 is 19.4 Å². The van der Waals surface area contributed by atoms with Crippen LogP contribution in [0.25, 0.3) is 21.8 Å². The van der Waals surface area contributed by atoms with E-state index in [1.54, 1.807) is 12.1 Å². The zero-order valence-corrected chi connectivity index (χ0v) is 17.2. The van der Waals surface area contributed by atoms with Crippen molar-refractivity contribution >= 4 is 45.2 Å². The number of para-hydroxylation sites is 2. The Hall–Kier alpha value is -4.39. The molecule has 32 heavy (non-hydrogen) atoms. The second-order valence-electron chi connectivity index (χ2n) is 7.07. The van der Waals surface area contributed by atoms with Crippen LogP contribution in [0.3, 0.4) is 0 Å². The summed E-state index contributed by atoms with van der Waals surface area (Å²) in [5.41, 5.74) is 3.80. The molecule has 4 rings (SSSR count). The van der Waals surface area contributed by atoms with Gasteiger partial charge in [0.15, 0.2) is 0 Å². The smallest absolute Gasteiger partial charge is 0.407 e. The predicted octanol–water partition coefficient (Wildman–Crippen LogP) is 5.24. The maximum Gasteiger partial charge on any atom is 0.407 e. The lowest BCUT2D eigenvalue weighted by molar-refractivity contribution is 0.0698. The van der Waals surface area contributed by atoms with Crippen LogP contribution >= 0.6 is 0 Å². The monoisotopic (exact) mass is 427 g/mol. The minimum Gasteiger partial charge on any atom is -0.478 e. The molecule has 7 nitrogen and oxygen atoms in total. The number of aromatic nitrogens is 1. The Morgan fingerprint density at radius 2 is 1.75 bits per heavy atom. The first-order valence-electron chi connectivity index (χ1n) is 9.99. The summed E-state index contributed by atoms with van der Waals surface area (Å²) >= 11 is 0. The minimum absolute atomic E-state index is 0.154. The number of nitrogens with one attached hydrogen (secondary N) is 2. The number of benzene rings is 3. The number of aromatic carboxylic acids is 1. The highest BCUT2D eigenvalue weighted by molar-refractivity contribution is 6.13. The van der Waals surface area contributed by atoms with Crippen molar-refractivity contribution in [1.82, 2.24) is 10.3 Å². The van der Waals surface area contributed by atoms with Crippen molar-refractivity contribution in [1.29, 1.82) is 0 Å². The summed E-state index contributed by atoms with van der Waals surface area (Å²) in [6.45, 7) is 3.99. The van der Waals surface area contributed by atoms with Crippen LogP contribution in [0.1, 0.15) is 15.9 Å². The number of carbonyl (C=O) groups is 2. The molecule has 0 saturated heterocycles. The molecule has 1 amide bonds. The maximum absolute atomic E-state index is 11.7. The van der Waals surface area contributed by atoms with E-state index in [4.69, 9.17) is 4.74 Å². The number of fused-ring (bicyclic) bond motifs is 2. The second-order valence-corrected chi connectivity index (χ2v) is 7.07. The number of anilines is 2. The Balaban J connectivity index is 1.65. The van der Waals surface area contributed by atoms with E-state index in [0.717, 1.165) is 27.7 Å². The van der Waals surface area contributed by atoms with Gasteiger partial charge in [-0.1, -0.05) is 55.1 Å². The molecule has 160 valence electrons. The average molecular weight is 427 g/mol. The molecule has 0 radical (unpaired) electrons. The molecule has 1 heterocycles. The third-order valence-corrected chi connectivity index (χ3v) is 4.93. The number of carboxylic acid groups (broad SMARTS) is 1. The normalized spacial score (nSPS) is 10.6. The second kappa shape index (κ2) is 9.18. The van der Waals surface area contributed by atoms with Crippen molar-refractivity contribution in [3.8, 4) is 0 Å². The van der Waals surface area contributed by atoms with E-state index in [1.807, 2.05) is 54.6 Å². The first kappa shape index (κ1) is 20.9. The molecule has 0 aliphatic heterocycles. The van der Waals surface area contributed by atoms with Crippen LogP contribution in [0.15, 0.2) is 79.4 Å². The lowest BCUT2D eigenvalue weighted by Crippen LogP contribution is -2.23. The van der Waals surface area contributed by atoms with Gasteiger partial charge in [-0.05, 0) is 29.8 Å². The van der Waals surface area contributed by atoms with Crippen LogP contribution in [0.2, 0.25) is 0 Å². The summed E-state index contributed by atoms with van der Waals surface area (Å²) in [6, 6.07) is 20.3. The fraction of sp³-hybridized carbons (Fsp3) is 0.0800. The number of carbonyl (C=O) groups excluding carboxylic acids is 1. The molecule has 4 aromatic rings. The molecule has 0 fully saturated rings. The fourth-order valence-electron chi connectivity index (χ4n) is 3.43. The molecule has 0 bridgehead atoms. The van der Waals surface area contributed by atoms with E-state index in [-0.39, 0.29) is 12.2 Å². The molecule has 1 aromatic heterocycles. The molecule has 0 saturated carbocycles. The minimum atomic E-state index is -1.02. The average Bonchev–Trinajstić information content (AvgIpc) is 2.81. The molecule has 0 aliphatic carbocycles. The summed E-state index contributed by atoms with van der Waals surface area (Å²) < 4.78 is 4.90. The van der Waals surface area contributed by atoms with Gasteiger partial charge in [-0.3, -0.25) is 0 Å².